The van der Waals surface area contributed by atoms with Crippen LogP contribution in [-0.4, -0.2) is 26.7 Å². The fourth-order valence-corrected chi connectivity index (χ4v) is 2.84. The van der Waals surface area contributed by atoms with Gasteiger partial charge in [-0.15, -0.1) is 0 Å². The molecule has 0 bridgehead atoms. The van der Waals surface area contributed by atoms with Gasteiger partial charge in [-0.3, -0.25) is 0 Å². The second-order valence-electron chi connectivity index (χ2n) is 5.54. The molecule has 0 amide bonds. The fourth-order valence-electron chi connectivity index (χ4n) is 2.84. The highest BCUT2D eigenvalue weighted by Crippen LogP contribution is 2.30. The number of hydrogen-bond donors (Lipinski definition) is 1. The van der Waals surface area contributed by atoms with Gasteiger partial charge in [0.1, 0.15) is 0 Å². The molecule has 1 N–H and O–H groups in total. The number of para-hydroxylation sites is 1. The maximum atomic E-state index is 3.38. The van der Waals surface area contributed by atoms with Gasteiger partial charge in [-0.05, 0) is 50.8 Å². The minimum atomic E-state index is 0.368. The average molecular weight is 262 g/mol. The zero-order valence-electron chi connectivity index (χ0n) is 13.3. The van der Waals surface area contributed by atoms with Crippen LogP contribution in [0.3, 0.4) is 0 Å². The Balaban J connectivity index is 2.94. The molecule has 1 rings (SSSR count). The van der Waals surface area contributed by atoms with Crippen LogP contribution in [0.1, 0.15) is 39.2 Å². The Hall–Kier alpha value is -1.02. The lowest BCUT2D eigenvalue weighted by Gasteiger charge is -2.38. The highest BCUT2D eigenvalue weighted by Gasteiger charge is 2.28. The van der Waals surface area contributed by atoms with Crippen molar-refractivity contribution in [3.05, 3.63) is 29.8 Å². The van der Waals surface area contributed by atoms with Crippen LogP contribution in [0.4, 0.5) is 5.69 Å². The van der Waals surface area contributed by atoms with Crippen LogP contribution >= 0.6 is 0 Å². The lowest BCUT2D eigenvalue weighted by atomic mass is 9.81. The largest absolute Gasteiger partial charge is 0.371 e. The number of anilines is 1. The molecule has 0 radical (unpaired) electrons. The first-order chi connectivity index (χ1) is 9.12. The summed E-state index contributed by atoms with van der Waals surface area (Å²) < 4.78 is 0. The third kappa shape index (κ3) is 3.97. The van der Waals surface area contributed by atoms with Crippen LogP contribution in [0.15, 0.2) is 24.3 Å². The van der Waals surface area contributed by atoms with Crippen molar-refractivity contribution in [3.8, 4) is 0 Å². The molecule has 0 aliphatic carbocycles. The van der Waals surface area contributed by atoms with Crippen LogP contribution in [0.2, 0.25) is 0 Å². The van der Waals surface area contributed by atoms with Crippen LogP contribution in [0, 0.1) is 12.3 Å². The van der Waals surface area contributed by atoms with Crippen LogP contribution in [0.5, 0.6) is 0 Å². The van der Waals surface area contributed by atoms with Crippen molar-refractivity contribution in [1.29, 1.82) is 0 Å². The van der Waals surface area contributed by atoms with E-state index in [-0.39, 0.29) is 0 Å². The molecular formula is C17H30N2. The van der Waals surface area contributed by atoms with Crippen molar-refractivity contribution < 1.29 is 0 Å². The molecule has 0 atom stereocenters. The van der Waals surface area contributed by atoms with Gasteiger partial charge in [0.15, 0.2) is 0 Å². The van der Waals surface area contributed by atoms with E-state index in [1.165, 1.54) is 24.1 Å². The number of hydrogen-bond acceptors (Lipinski definition) is 2. The Kier molecular flexibility index (Phi) is 6.36. The van der Waals surface area contributed by atoms with Gasteiger partial charge in [0, 0.05) is 25.3 Å². The first-order valence-electron chi connectivity index (χ1n) is 7.57. The first-order valence-corrected chi connectivity index (χ1v) is 7.57. The molecule has 0 saturated carbocycles. The third-order valence-electron chi connectivity index (χ3n) is 4.42. The zero-order valence-corrected chi connectivity index (χ0v) is 13.3. The molecule has 0 aliphatic rings. The molecular weight excluding hydrogens is 232 g/mol. The summed E-state index contributed by atoms with van der Waals surface area (Å²) in [5, 5.41) is 3.38. The summed E-state index contributed by atoms with van der Waals surface area (Å²) in [5.41, 5.74) is 3.12. The van der Waals surface area contributed by atoms with E-state index in [1.54, 1.807) is 0 Å². The van der Waals surface area contributed by atoms with E-state index in [0.717, 1.165) is 19.6 Å². The first kappa shape index (κ1) is 16.0. The van der Waals surface area contributed by atoms with Crippen molar-refractivity contribution in [2.45, 2.75) is 40.5 Å². The van der Waals surface area contributed by atoms with E-state index >= 15 is 0 Å². The van der Waals surface area contributed by atoms with Gasteiger partial charge in [-0.2, -0.15) is 0 Å². The molecule has 1 aromatic carbocycles. The predicted molar refractivity (Wildman–Crippen MR) is 86.0 cm³/mol. The molecule has 0 heterocycles. The van der Waals surface area contributed by atoms with Crippen molar-refractivity contribution in [3.63, 3.8) is 0 Å². The van der Waals surface area contributed by atoms with Crippen molar-refractivity contribution in [1.82, 2.24) is 5.32 Å². The molecule has 108 valence electrons. The van der Waals surface area contributed by atoms with Gasteiger partial charge in [0.05, 0.1) is 0 Å². The second-order valence-corrected chi connectivity index (χ2v) is 5.54. The molecule has 19 heavy (non-hydrogen) atoms. The quantitative estimate of drug-likeness (QED) is 0.765. The van der Waals surface area contributed by atoms with E-state index in [4.69, 9.17) is 0 Å². The number of rotatable bonds is 8. The Bertz CT molecular complexity index is 369. The van der Waals surface area contributed by atoms with Gasteiger partial charge in [0.25, 0.3) is 0 Å². The normalized spacial score (nSPS) is 11.6. The summed E-state index contributed by atoms with van der Waals surface area (Å²) in [6.45, 7) is 12.4. The summed E-state index contributed by atoms with van der Waals surface area (Å²) in [5.74, 6) is 0. The standard InChI is InChI=1S/C17H30N2/c1-6-17(7-2,13-18-5)14-19(8-3)16-12-10-9-11-15(16)4/h9-12,18H,6-8,13-14H2,1-5H3. The zero-order chi connectivity index (χ0) is 14.3. The lowest BCUT2D eigenvalue weighted by Crippen LogP contribution is -2.43. The van der Waals surface area contributed by atoms with Gasteiger partial charge in [0.2, 0.25) is 0 Å². The minimum Gasteiger partial charge on any atom is -0.371 e. The molecule has 0 fully saturated rings. The maximum absolute atomic E-state index is 3.38. The van der Waals surface area contributed by atoms with Gasteiger partial charge < -0.3 is 10.2 Å². The summed E-state index contributed by atoms with van der Waals surface area (Å²) in [7, 11) is 2.06. The number of benzene rings is 1. The topological polar surface area (TPSA) is 15.3 Å². The lowest BCUT2D eigenvalue weighted by molar-refractivity contribution is 0.260. The Labute approximate surface area is 119 Å². The second kappa shape index (κ2) is 7.54. The Morgan fingerprint density at radius 3 is 2.21 bits per heavy atom. The van der Waals surface area contributed by atoms with Gasteiger partial charge >= 0.3 is 0 Å². The minimum absolute atomic E-state index is 0.368. The van der Waals surface area contributed by atoms with E-state index < -0.39 is 0 Å². The molecule has 0 spiro atoms. The maximum Gasteiger partial charge on any atom is 0.0396 e. The van der Waals surface area contributed by atoms with Crippen molar-refractivity contribution in [2.24, 2.45) is 5.41 Å². The molecule has 2 nitrogen and oxygen atoms in total. The number of aryl methyl sites for hydroxylation is 1. The third-order valence-corrected chi connectivity index (χ3v) is 4.42. The number of nitrogens with one attached hydrogen (secondary N) is 1. The summed E-state index contributed by atoms with van der Waals surface area (Å²) in [6, 6.07) is 8.71. The van der Waals surface area contributed by atoms with Crippen LogP contribution in [-0.2, 0) is 0 Å². The SMILES string of the molecule is CCN(CC(CC)(CC)CNC)c1ccccc1C. The highest BCUT2D eigenvalue weighted by atomic mass is 15.1. The van der Waals surface area contributed by atoms with Crippen molar-refractivity contribution >= 4 is 5.69 Å². The van der Waals surface area contributed by atoms with E-state index in [9.17, 15) is 0 Å². The van der Waals surface area contributed by atoms with Crippen molar-refractivity contribution in [2.75, 3.05) is 31.6 Å². The average Bonchev–Trinajstić information content (AvgIpc) is 2.44. The molecule has 0 aliphatic heterocycles. The summed E-state index contributed by atoms with van der Waals surface area (Å²) >= 11 is 0. The molecule has 1 aromatic rings. The van der Waals surface area contributed by atoms with Gasteiger partial charge in [-0.1, -0.05) is 32.0 Å². The Morgan fingerprint density at radius 2 is 1.74 bits per heavy atom. The predicted octanol–water partition coefficient (Wildman–Crippen LogP) is 3.85. The van der Waals surface area contributed by atoms with Crippen LogP contribution in [0.25, 0.3) is 0 Å². The van der Waals surface area contributed by atoms with E-state index in [1.807, 2.05) is 0 Å². The number of nitrogens with zero attached hydrogens (tertiary/aromatic N) is 1. The van der Waals surface area contributed by atoms with Gasteiger partial charge in [-0.25, -0.2) is 0 Å². The van der Waals surface area contributed by atoms with E-state index in [2.05, 4.69) is 69.2 Å². The highest BCUT2D eigenvalue weighted by molar-refractivity contribution is 5.53. The summed E-state index contributed by atoms with van der Waals surface area (Å²) in [6.07, 6.45) is 2.43. The molecule has 0 unspecified atom stereocenters. The summed E-state index contributed by atoms with van der Waals surface area (Å²) in [4.78, 5) is 2.53. The fraction of sp³-hybridized carbons (Fsp3) is 0.647. The van der Waals surface area contributed by atoms with E-state index in [0.29, 0.717) is 5.41 Å². The Morgan fingerprint density at radius 1 is 1.11 bits per heavy atom. The van der Waals surface area contributed by atoms with Crippen LogP contribution < -0.4 is 10.2 Å². The monoisotopic (exact) mass is 262 g/mol. The smallest absolute Gasteiger partial charge is 0.0396 e. The molecule has 0 aromatic heterocycles. The molecule has 2 heteroatoms. The molecule has 0 saturated heterocycles.